The van der Waals surface area contributed by atoms with Crippen LogP contribution in [0, 0.1) is 5.82 Å². The molecule has 8 nitrogen and oxygen atoms in total. The number of nitrogens with one attached hydrogen (secondary N) is 1. The molecule has 4 aromatic rings. The van der Waals surface area contributed by atoms with Crippen molar-refractivity contribution in [2.24, 2.45) is 0 Å². The first-order chi connectivity index (χ1) is 23.3. The molecule has 4 aromatic carbocycles. The van der Waals surface area contributed by atoms with Crippen molar-refractivity contribution < 1.29 is 38.5 Å². The lowest BCUT2D eigenvalue weighted by Crippen LogP contribution is -2.22. The topological polar surface area (TPSA) is 122 Å². The molecule has 0 radical (unpaired) electrons. The van der Waals surface area contributed by atoms with E-state index >= 15 is 0 Å². The Balaban J connectivity index is 1.31. The van der Waals surface area contributed by atoms with Crippen molar-refractivity contribution in [3.05, 3.63) is 119 Å². The van der Waals surface area contributed by atoms with Gasteiger partial charge in [-0.2, -0.15) is 0 Å². The summed E-state index contributed by atoms with van der Waals surface area (Å²) in [5.74, 6) is -1.16. The molecule has 0 fully saturated rings. The van der Waals surface area contributed by atoms with Gasteiger partial charge in [0.1, 0.15) is 17.3 Å². The van der Waals surface area contributed by atoms with E-state index in [1.807, 2.05) is 54.6 Å². The van der Waals surface area contributed by atoms with Crippen molar-refractivity contribution in [3.8, 4) is 22.6 Å². The molecule has 0 spiro atoms. The van der Waals surface area contributed by atoms with Gasteiger partial charge >= 0.3 is 11.9 Å². The van der Waals surface area contributed by atoms with Crippen LogP contribution in [-0.2, 0) is 29.0 Å². The highest BCUT2D eigenvalue weighted by Gasteiger charge is 2.13. The van der Waals surface area contributed by atoms with E-state index in [4.69, 9.17) is 14.6 Å². The van der Waals surface area contributed by atoms with E-state index in [1.54, 1.807) is 24.3 Å². The average molecular weight is 656 g/mol. The third-order valence-electron chi connectivity index (χ3n) is 7.86. The lowest BCUT2D eigenvalue weighted by atomic mass is 9.97. The quantitative estimate of drug-likeness (QED) is 0.0829. The van der Waals surface area contributed by atoms with Crippen molar-refractivity contribution in [2.45, 2.75) is 64.3 Å². The summed E-state index contributed by atoms with van der Waals surface area (Å²) in [5, 5.41) is 21.1. The lowest BCUT2D eigenvalue weighted by molar-refractivity contribution is -0.138. The molecule has 0 aliphatic carbocycles. The van der Waals surface area contributed by atoms with Crippen molar-refractivity contribution in [1.29, 1.82) is 0 Å². The fourth-order valence-corrected chi connectivity index (χ4v) is 5.37. The van der Waals surface area contributed by atoms with Gasteiger partial charge in [-0.25, -0.2) is 4.39 Å². The Morgan fingerprint density at radius 3 is 2.15 bits per heavy atom. The van der Waals surface area contributed by atoms with Crippen LogP contribution in [0.1, 0.15) is 72.0 Å². The fraction of sp³-hybridized carbons (Fsp3) is 0.308. The second-order valence-corrected chi connectivity index (χ2v) is 11.6. The highest BCUT2D eigenvalue weighted by atomic mass is 19.1. The van der Waals surface area contributed by atoms with Gasteiger partial charge in [-0.3, -0.25) is 14.4 Å². The Labute approximate surface area is 280 Å². The maximum absolute atomic E-state index is 13.6. The molecule has 0 bridgehead atoms. The third-order valence-corrected chi connectivity index (χ3v) is 7.86. The van der Waals surface area contributed by atoms with Gasteiger partial charge in [-0.15, -0.1) is 0 Å². The van der Waals surface area contributed by atoms with E-state index in [1.165, 1.54) is 12.1 Å². The van der Waals surface area contributed by atoms with Gasteiger partial charge in [-0.05, 0) is 96.3 Å². The minimum Gasteiger partial charge on any atom is -0.494 e. The molecule has 0 aliphatic heterocycles. The summed E-state index contributed by atoms with van der Waals surface area (Å²) in [6.07, 6.45) is 5.03. The van der Waals surface area contributed by atoms with E-state index in [9.17, 15) is 23.9 Å². The molecular formula is C39H42FNO7. The zero-order chi connectivity index (χ0) is 34.1. The second-order valence-electron chi connectivity index (χ2n) is 11.6. The van der Waals surface area contributed by atoms with Crippen molar-refractivity contribution in [2.75, 3.05) is 13.2 Å². The van der Waals surface area contributed by atoms with Gasteiger partial charge in [0, 0.05) is 24.9 Å². The SMILES string of the molecule is O=C(O)CCCOc1cccc(CCCCCCOc2cc(C(=O)NCc3ccccc3)cc(-c3ccc(F)cc3)c2)c1CCC(=O)O. The number of carbonyl (C=O) groups excluding carboxylic acids is 1. The number of carboxylic acid groups (broad SMARTS) is 2. The van der Waals surface area contributed by atoms with Crippen LogP contribution in [0.5, 0.6) is 11.5 Å². The molecule has 0 atom stereocenters. The van der Waals surface area contributed by atoms with Gasteiger partial charge < -0.3 is 25.0 Å². The van der Waals surface area contributed by atoms with E-state index in [0.29, 0.717) is 43.1 Å². The first-order valence-corrected chi connectivity index (χ1v) is 16.3. The summed E-state index contributed by atoms with van der Waals surface area (Å²) in [4.78, 5) is 35.2. The lowest BCUT2D eigenvalue weighted by Gasteiger charge is -2.15. The van der Waals surface area contributed by atoms with Crippen LogP contribution < -0.4 is 14.8 Å². The minimum atomic E-state index is -0.884. The number of halogens is 1. The van der Waals surface area contributed by atoms with Crippen LogP contribution in [0.25, 0.3) is 11.1 Å². The number of aliphatic carboxylic acids is 2. The zero-order valence-corrected chi connectivity index (χ0v) is 27.0. The number of carboxylic acids is 2. The molecule has 48 heavy (non-hydrogen) atoms. The fourth-order valence-electron chi connectivity index (χ4n) is 5.37. The molecule has 252 valence electrons. The maximum Gasteiger partial charge on any atom is 0.303 e. The van der Waals surface area contributed by atoms with Gasteiger partial charge in [-0.1, -0.05) is 67.4 Å². The van der Waals surface area contributed by atoms with Crippen LogP contribution in [0.2, 0.25) is 0 Å². The van der Waals surface area contributed by atoms with Crippen LogP contribution >= 0.6 is 0 Å². The molecule has 0 heterocycles. The van der Waals surface area contributed by atoms with Crippen molar-refractivity contribution in [3.63, 3.8) is 0 Å². The first kappa shape index (κ1) is 35.7. The molecule has 0 saturated heterocycles. The number of rotatable bonds is 20. The summed E-state index contributed by atoms with van der Waals surface area (Å²) in [6.45, 7) is 1.10. The van der Waals surface area contributed by atoms with Gasteiger partial charge in [0.25, 0.3) is 5.91 Å². The predicted molar refractivity (Wildman–Crippen MR) is 182 cm³/mol. The summed E-state index contributed by atoms with van der Waals surface area (Å²) >= 11 is 0. The zero-order valence-electron chi connectivity index (χ0n) is 27.0. The summed E-state index contributed by atoms with van der Waals surface area (Å²) in [5.41, 5.74) is 4.87. The van der Waals surface area contributed by atoms with E-state index in [-0.39, 0.29) is 31.2 Å². The highest BCUT2D eigenvalue weighted by molar-refractivity contribution is 5.96. The van der Waals surface area contributed by atoms with E-state index < -0.39 is 11.9 Å². The highest BCUT2D eigenvalue weighted by Crippen LogP contribution is 2.28. The van der Waals surface area contributed by atoms with Crippen LogP contribution in [-0.4, -0.2) is 41.3 Å². The van der Waals surface area contributed by atoms with Crippen molar-refractivity contribution >= 4 is 17.8 Å². The number of benzene rings is 4. The largest absolute Gasteiger partial charge is 0.494 e. The Hall–Kier alpha value is -5.18. The number of carbonyl (C=O) groups is 3. The third kappa shape index (κ3) is 11.9. The van der Waals surface area contributed by atoms with Crippen molar-refractivity contribution in [1.82, 2.24) is 5.32 Å². The van der Waals surface area contributed by atoms with Crippen LogP contribution in [0.15, 0.2) is 91.0 Å². The number of ether oxygens (including phenoxy) is 2. The normalized spacial score (nSPS) is 10.8. The second kappa shape index (κ2) is 18.8. The summed E-state index contributed by atoms with van der Waals surface area (Å²) in [7, 11) is 0. The molecule has 0 unspecified atom stereocenters. The van der Waals surface area contributed by atoms with E-state index in [2.05, 4.69) is 5.32 Å². The number of hydrogen-bond acceptors (Lipinski definition) is 5. The summed E-state index contributed by atoms with van der Waals surface area (Å²) < 4.78 is 25.5. The molecule has 9 heteroatoms. The molecule has 0 saturated carbocycles. The Morgan fingerprint density at radius 2 is 1.40 bits per heavy atom. The Kier molecular flexibility index (Phi) is 14.0. The van der Waals surface area contributed by atoms with Crippen LogP contribution in [0.3, 0.4) is 0 Å². The molecular weight excluding hydrogens is 613 g/mol. The number of amides is 1. The van der Waals surface area contributed by atoms with Crippen LogP contribution in [0.4, 0.5) is 4.39 Å². The van der Waals surface area contributed by atoms with Gasteiger partial charge in [0.15, 0.2) is 0 Å². The smallest absolute Gasteiger partial charge is 0.303 e. The monoisotopic (exact) mass is 655 g/mol. The number of unbranched alkanes of at least 4 members (excludes halogenated alkanes) is 3. The first-order valence-electron chi connectivity index (χ1n) is 16.3. The Morgan fingerprint density at radius 1 is 0.667 bits per heavy atom. The molecule has 3 N–H and O–H groups in total. The predicted octanol–water partition coefficient (Wildman–Crippen LogP) is 7.87. The molecule has 0 aliphatic rings. The van der Waals surface area contributed by atoms with Gasteiger partial charge in [0.2, 0.25) is 0 Å². The maximum atomic E-state index is 13.6. The standard InChI is InChI=1S/C39H42FNO7/c40-33-18-16-29(17-19-33)31-24-32(39(46)41-27-28-10-4-3-5-11-28)26-34(25-31)47-22-7-2-1-6-12-30-13-8-14-36(35(30)20-21-38(44)45)48-23-9-15-37(42)43/h3-5,8,10-11,13-14,16-19,24-26H,1-2,6-7,9,12,15,20-23,27H2,(H,41,46)(H,42,43)(H,44,45). The van der Waals surface area contributed by atoms with Gasteiger partial charge in [0.05, 0.1) is 13.2 Å². The van der Waals surface area contributed by atoms with E-state index in [0.717, 1.165) is 59.9 Å². The molecule has 1 amide bonds. The summed E-state index contributed by atoms with van der Waals surface area (Å²) in [6, 6.07) is 26.8. The average Bonchev–Trinajstić information content (AvgIpc) is 3.08. The Bertz CT molecular complexity index is 1640. The number of hydrogen-bond donors (Lipinski definition) is 3. The number of aryl methyl sites for hydroxylation is 1. The molecule has 0 aromatic heterocycles. The minimum absolute atomic E-state index is 0.0127. The molecule has 4 rings (SSSR count).